The van der Waals surface area contributed by atoms with Crippen LogP contribution in [0.25, 0.3) is 22.3 Å². The Morgan fingerprint density at radius 2 is 1.92 bits per heavy atom. The first kappa shape index (κ1) is 14.6. The Kier molecular flexibility index (Phi) is 3.62. The molecule has 24 heavy (non-hydrogen) atoms. The minimum absolute atomic E-state index is 0.264. The van der Waals surface area contributed by atoms with Crippen LogP contribution in [0.3, 0.4) is 0 Å². The molecule has 0 bridgehead atoms. The van der Waals surface area contributed by atoms with Gasteiger partial charge in [-0.1, -0.05) is 6.42 Å². The van der Waals surface area contributed by atoms with Crippen molar-refractivity contribution < 1.29 is 0 Å². The molecule has 1 aliphatic rings. The van der Waals surface area contributed by atoms with Crippen LogP contribution >= 0.6 is 0 Å². The average molecular weight is 321 g/mol. The van der Waals surface area contributed by atoms with Crippen molar-refractivity contribution in [2.45, 2.75) is 25.3 Å². The lowest BCUT2D eigenvalue weighted by atomic mass is 9.95. The number of imidazole rings is 1. The van der Waals surface area contributed by atoms with Crippen molar-refractivity contribution in [2.24, 2.45) is 5.73 Å². The van der Waals surface area contributed by atoms with E-state index in [-0.39, 0.29) is 5.95 Å². The van der Waals surface area contributed by atoms with Crippen LogP contribution in [-0.2, 0) is 0 Å². The normalized spacial score (nSPS) is 14.4. The molecule has 4 N–H and O–H groups in total. The number of anilines is 1. The second-order valence-electron chi connectivity index (χ2n) is 5.98. The van der Waals surface area contributed by atoms with E-state index in [1.807, 2.05) is 41.2 Å². The largest absolute Gasteiger partial charge is 0.367 e. The van der Waals surface area contributed by atoms with Crippen LogP contribution in [0.2, 0.25) is 0 Å². The lowest BCUT2D eigenvalue weighted by Crippen LogP contribution is -2.27. The highest BCUT2D eigenvalue weighted by Gasteiger charge is 2.10. The molecule has 0 spiro atoms. The van der Waals surface area contributed by atoms with Crippen LogP contribution in [0.1, 0.15) is 19.3 Å². The minimum atomic E-state index is 0.264. The molecule has 0 unspecified atom stereocenters. The molecule has 4 aromatic rings. The fourth-order valence-electron chi connectivity index (χ4n) is 2.68. The summed E-state index contributed by atoms with van der Waals surface area (Å²) in [5.74, 6) is 0.264. The Labute approximate surface area is 138 Å². The van der Waals surface area contributed by atoms with Gasteiger partial charge in [-0.3, -0.25) is 0 Å². The van der Waals surface area contributed by atoms with Crippen molar-refractivity contribution >= 4 is 17.1 Å². The van der Waals surface area contributed by atoms with Gasteiger partial charge in [0, 0.05) is 42.0 Å². The molecule has 4 heterocycles. The van der Waals surface area contributed by atoms with Gasteiger partial charge in [-0.2, -0.15) is 0 Å². The van der Waals surface area contributed by atoms with Crippen molar-refractivity contribution in [1.29, 1.82) is 0 Å². The van der Waals surface area contributed by atoms with Gasteiger partial charge in [-0.15, -0.1) is 5.10 Å². The van der Waals surface area contributed by atoms with Crippen molar-refractivity contribution in [3.05, 3.63) is 49.2 Å². The Balaban J connectivity index is 0.000000252. The van der Waals surface area contributed by atoms with Gasteiger partial charge in [0.2, 0.25) is 5.95 Å². The molecule has 4 aromatic heterocycles. The molecule has 0 amide bonds. The average Bonchev–Trinajstić information content (AvgIpc) is 3.18. The zero-order valence-electron chi connectivity index (χ0n) is 13.2. The Hall–Kier alpha value is -2.93. The minimum Gasteiger partial charge on any atom is -0.367 e. The van der Waals surface area contributed by atoms with Gasteiger partial charge in [-0.25, -0.2) is 14.5 Å². The summed E-state index contributed by atoms with van der Waals surface area (Å²) in [4.78, 5) is 8.28. The standard InChI is InChI=1S/C13H10N6.C4H9N/c14-13-16-7-11-10(3-5-19(11)17-13)9-1-2-12-15-4-6-18(12)8-9;5-4-2-1-3-4/h1-8H,(H2,14,17);4H,1-3,5H2. The van der Waals surface area contributed by atoms with Crippen LogP contribution in [0.5, 0.6) is 0 Å². The smallest absolute Gasteiger partial charge is 0.238 e. The SMILES string of the molecule is NC1CCC1.Nc1ncc2c(-c3ccc4nccn4c3)ccn2n1. The highest BCUT2D eigenvalue weighted by molar-refractivity contribution is 5.80. The van der Waals surface area contributed by atoms with Gasteiger partial charge in [0.25, 0.3) is 0 Å². The Bertz CT molecular complexity index is 981. The Morgan fingerprint density at radius 3 is 2.67 bits per heavy atom. The van der Waals surface area contributed by atoms with E-state index in [0.29, 0.717) is 6.04 Å². The first-order chi connectivity index (χ1) is 11.7. The molecule has 0 atom stereocenters. The van der Waals surface area contributed by atoms with E-state index in [4.69, 9.17) is 11.5 Å². The summed E-state index contributed by atoms with van der Waals surface area (Å²) in [6.45, 7) is 0. The number of aromatic nitrogens is 5. The molecular formula is C17H19N7. The van der Waals surface area contributed by atoms with E-state index in [1.165, 1.54) is 19.3 Å². The third-order valence-electron chi connectivity index (χ3n) is 4.28. The number of nitrogens with zero attached hydrogens (tertiary/aromatic N) is 5. The molecule has 0 aliphatic heterocycles. The first-order valence-corrected chi connectivity index (χ1v) is 7.99. The number of fused-ring (bicyclic) bond motifs is 2. The molecule has 0 radical (unpaired) electrons. The van der Waals surface area contributed by atoms with Crippen LogP contribution in [-0.4, -0.2) is 30.0 Å². The quantitative estimate of drug-likeness (QED) is 0.559. The van der Waals surface area contributed by atoms with E-state index in [9.17, 15) is 0 Å². The molecular weight excluding hydrogens is 302 g/mol. The summed E-state index contributed by atoms with van der Waals surface area (Å²) >= 11 is 0. The molecule has 0 saturated heterocycles. The molecule has 5 rings (SSSR count). The zero-order chi connectivity index (χ0) is 16.5. The molecule has 1 saturated carbocycles. The molecule has 1 aliphatic carbocycles. The maximum absolute atomic E-state index is 5.58. The number of nitrogen functional groups attached to an aromatic ring is 1. The van der Waals surface area contributed by atoms with Gasteiger partial charge >= 0.3 is 0 Å². The molecule has 1 fully saturated rings. The van der Waals surface area contributed by atoms with Crippen LogP contribution in [0.4, 0.5) is 5.95 Å². The second-order valence-corrected chi connectivity index (χ2v) is 5.98. The summed E-state index contributed by atoms with van der Waals surface area (Å²) < 4.78 is 3.72. The van der Waals surface area contributed by atoms with Gasteiger partial charge < -0.3 is 15.9 Å². The fourth-order valence-corrected chi connectivity index (χ4v) is 2.68. The molecule has 122 valence electrons. The number of hydrogen-bond acceptors (Lipinski definition) is 5. The van der Waals surface area contributed by atoms with Crippen LogP contribution in [0, 0.1) is 0 Å². The fraction of sp³-hybridized carbons (Fsp3) is 0.235. The third kappa shape index (κ3) is 2.69. The number of pyridine rings is 1. The van der Waals surface area contributed by atoms with Gasteiger partial charge in [-0.05, 0) is 31.0 Å². The topological polar surface area (TPSA) is 99.5 Å². The third-order valence-corrected chi connectivity index (χ3v) is 4.28. The second kappa shape index (κ2) is 5.93. The van der Waals surface area contributed by atoms with E-state index < -0.39 is 0 Å². The van der Waals surface area contributed by atoms with E-state index >= 15 is 0 Å². The summed E-state index contributed by atoms with van der Waals surface area (Å²) in [6.07, 6.45) is 13.2. The maximum atomic E-state index is 5.58. The van der Waals surface area contributed by atoms with Gasteiger partial charge in [0.1, 0.15) is 5.65 Å². The summed E-state index contributed by atoms with van der Waals surface area (Å²) in [5, 5.41) is 4.14. The van der Waals surface area contributed by atoms with Gasteiger partial charge in [0.05, 0.1) is 11.7 Å². The molecule has 7 nitrogen and oxygen atoms in total. The van der Waals surface area contributed by atoms with E-state index in [1.54, 1.807) is 16.9 Å². The first-order valence-electron chi connectivity index (χ1n) is 7.99. The summed E-state index contributed by atoms with van der Waals surface area (Å²) in [5.41, 5.74) is 15.0. The van der Waals surface area contributed by atoms with E-state index in [2.05, 4.69) is 15.1 Å². The number of nitrogens with two attached hydrogens (primary N) is 2. The lowest BCUT2D eigenvalue weighted by Gasteiger charge is -2.18. The van der Waals surface area contributed by atoms with Crippen LogP contribution < -0.4 is 11.5 Å². The monoisotopic (exact) mass is 321 g/mol. The molecule has 7 heteroatoms. The van der Waals surface area contributed by atoms with Crippen molar-refractivity contribution in [1.82, 2.24) is 24.0 Å². The zero-order valence-corrected chi connectivity index (χ0v) is 13.2. The van der Waals surface area contributed by atoms with E-state index in [0.717, 1.165) is 22.3 Å². The number of hydrogen-bond donors (Lipinski definition) is 2. The lowest BCUT2D eigenvalue weighted by molar-refractivity contribution is 0.418. The highest BCUT2D eigenvalue weighted by Crippen LogP contribution is 2.25. The van der Waals surface area contributed by atoms with Gasteiger partial charge in [0.15, 0.2) is 0 Å². The van der Waals surface area contributed by atoms with Crippen LogP contribution in [0.15, 0.2) is 49.2 Å². The summed E-state index contributed by atoms with van der Waals surface area (Å²) in [6, 6.07) is 6.59. The van der Waals surface area contributed by atoms with Crippen molar-refractivity contribution in [2.75, 3.05) is 5.73 Å². The maximum Gasteiger partial charge on any atom is 0.238 e. The van der Waals surface area contributed by atoms with Crippen molar-refractivity contribution in [3.8, 4) is 11.1 Å². The molecule has 0 aromatic carbocycles. The van der Waals surface area contributed by atoms with Crippen molar-refractivity contribution in [3.63, 3.8) is 0 Å². The predicted molar refractivity (Wildman–Crippen MR) is 93.4 cm³/mol. The highest BCUT2D eigenvalue weighted by atomic mass is 15.3. The number of rotatable bonds is 1. The Morgan fingerprint density at radius 1 is 1.08 bits per heavy atom. The summed E-state index contributed by atoms with van der Waals surface area (Å²) in [7, 11) is 0. The predicted octanol–water partition coefficient (Wildman–Crippen LogP) is 2.12.